The number of ether oxygens (including phenoxy) is 1. The maximum Gasteiger partial charge on any atom is 0.316 e. The Morgan fingerprint density at radius 3 is 2.03 bits per heavy atom. The van der Waals surface area contributed by atoms with Crippen molar-refractivity contribution in [1.82, 2.24) is 0 Å². The quantitative estimate of drug-likeness (QED) is 0.392. The number of carbonyl (C=O) groups is 4. The zero-order chi connectivity index (χ0) is 24.0. The van der Waals surface area contributed by atoms with Crippen molar-refractivity contribution >= 4 is 35.1 Å². The third-order valence-electron chi connectivity index (χ3n) is 7.13. The highest BCUT2D eigenvalue weighted by Gasteiger charge is 2.48. The number of hydrogen-bond acceptors (Lipinski definition) is 5. The minimum Gasteiger partial charge on any atom is -0.426 e. The molecule has 2 saturated heterocycles. The van der Waals surface area contributed by atoms with Gasteiger partial charge in [0.25, 0.3) is 0 Å². The Kier molecular flexibility index (Phi) is 5.71. The number of aryl methyl sites for hydroxylation is 2. The Morgan fingerprint density at radius 1 is 0.853 bits per heavy atom. The lowest BCUT2D eigenvalue weighted by molar-refractivity contribution is -0.139. The van der Waals surface area contributed by atoms with Crippen molar-refractivity contribution < 1.29 is 23.9 Å². The Labute approximate surface area is 198 Å². The van der Waals surface area contributed by atoms with E-state index in [1.165, 1.54) is 4.90 Å². The first kappa shape index (κ1) is 22.3. The third kappa shape index (κ3) is 4.00. The molecule has 3 amide bonds. The Bertz CT molecular complexity index is 1130. The van der Waals surface area contributed by atoms with E-state index in [-0.39, 0.29) is 42.5 Å². The van der Waals surface area contributed by atoms with Crippen molar-refractivity contribution in [2.75, 3.05) is 16.3 Å². The van der Waals surface area contributed by atoms with Crippen LogP contribution in [0.4, 0.5) is 11.4 Å². The summed E-state index contributed by atoms with van der Waals surface area (Å²) >= 11 is 0. The van der Waals surface area contributed by atoms with Gasteiger partial charge in [-0.3, -0.25) is 24.1 Å². The Balaban J connectivity index is 1.25. The number of hydrogen-bond donors (Lipinski definition) is 0. The van der Waals surface area contributed by atoms with Crippen LogP contribution in [0.25, 0.3) is 0 Å². The molecular formula is C27H28N2O5. The summed E-state index contributed by atoms with van der Waals surface area (Å²) in [5.74, 6) is -1.48. The highest BCUT2D eigenvalue weighted by Crippen LogP contribution is 2.40. The zero-order valence-electron chi connectivity index (χ0n) is 19.5. The molecule has 7 heteroatoms. The summed E-state index contributed by atoms with van der Waals surface area (Å²) in [6.07, 6.45) is 3.59. The first-order valence-corrected chi connectivity index (χ1v) is 11.9. The van der Waals surface area contributed by atoms with Gasteiger partial charge in [-0.15, -0.1) is 0 Å². The normalized spacial score (nSPS) is 24.5. The summed E-state index contributed by atoms with van der Waals surface area (Å²) in [7, 11) is 0. The number of anilines is 2. The van der Waals surface area contributed by atoms with Crippen LogP contribution in [0.5, 0.6) is 5.75 Å². The molecule has 5 rings (SSSR count). The molecule has 0 unspecified atom stereocenters. The van der Waals surface area contributed by atoms with Gasteiger partial charge in [-0.1, -0.05) is 18.9 Å². The van der Waals surface area contributed by atoms with E-state index < -0.39 is 11.9 Å². The van der Waals surface area contributed by atoms with Crippen LogP contribution in [0.3, 0.4) is 0 Å². The van der Waals surface area contributed by atoms with Gasteiger partial charge < -0.3 is 9.64 Å². The number of amides is 3. The number of carbonyl (C=O) groups excluding carboxylic acids is 4. The molecular weight excluding hydrogens is 432 g/mol. The predicted octanol–water partition coefficient (Wildman–Crippen LogP) is 3.94. The topological polar surface area (TPSA) is 84.0 Å². The lowest BCUT2D eigenvalue weighted by Gasteiger charge is -2.19. The van der Waals surface area contributed by atoms with Gasteiger partial charge in [0.15, 0.2) is 0 Å². The molecule has 2 aromatic carbocycles. The number of nitrogens with zero attached hydrogens (tertiary/aromatic N) is 2. The third-order valence-corrected chi connectivity index (χ3v) is 7.13. The van der Waals surface area contributed by atoms with Gasteiger partial charge in [0.1, 0.15) is 5.75 Å². The minimum atomic E-state index is -0.558. The summed E-state index contributed by atoms with van der Waals surface area (Å²) < 4.78 is 5.54. The number of esters is 1. The molecule has 0 bridgehead atoms. The summed E-state index contributed by atoms with van der Waals surface area (Å²) in [4.78, 5) is 53.8. The van der Waals surface area contributed by atoms with Crippen molar-refractivity contribution in [3.05, 3.63) is 53.6 Å². The second kappa shape index (κ2) is 8.70. The smallest absolute Gasteiger partial charge is 0.316 e. The number of imide groups is 1. The van der Waals surface area contributed by atoms with Crippen LogP contribution in [0, 0.1) is 31.6 Å². The van der Waals surface area contributed by atoms with Crippen molar-refractivity contribution in [2.45, 2.75) is 46.0 Å². The van der Waals surface area contributed by atoms with E-state index in [0.717, 1.165) is 42.5 Å². The Morgan fingerprint density at radius 2 is 1.44 bits per heavy atom. The molecule has 1 saturated carbocycles. The molecule has 1 aliphatic carbocycles. The highest BCUT2D eigenvalue weighted by atomic mass is 16.5. The molecule has 3 aliphatic rings. The van der Waals surface area contributed by atoms with E-state index in [0.29, 0.717) is 11.4 Å². The van der Waals surface area contributed by atoms with Crippen LogP contribution in [0.1, 0.15) is 43.2 Å². The maximum atomic E-state index is 12.8. The second-order valence-corrected chi connectivity index (χ2v) is 9.68. The largest absolute Gasteiger partial charge is 0.426 e. The second-order valence-electron chi connectivity index (χ2n) is 9.68. The number of benzene rings is 2. The number of fused-ring (bicyclic) bond motifs is 1. The van der Waals surface area contributed by atoms with Crippen LogP contribution >= 0.6 is 0 Å². The molecule has 2 aliphatic heterocycles. The lowest BCUT2D eigenvalue weighted by Crippen LogP contribution is -2.30. The number of rotatable bonds is 4. The van der Waals surface area contributed by atoms with Gasteiger partial charge in [-0.25, -0.2) is 0 Å². The van der Waals surface area contributed by atoms with E-state index in [1.54, 1.807) is 29.2 Å². The molecule has 176 valence electrons. The monoisotopic (exact) mass is 460 g/mol. The van der Waals surface area contributed by atoms with Crippen molar-refractivity contribution in [3.63, 3.8) is 0 Å². The van der Waals surface area contributed by atoms with Gasteiger partial charge in [0.05, 0.1) is 23.4 Å². The molecule has 34 heavy (non-hydrogen) atoms. The summed E-state index contributed by atoms with van der Waals surface area (Å²) in [6.45, 7) is 4.23. The summed E-state index contributed by atoms with van der Waals surface area (Å²) in [6, 6.07) is 12.4. The van der Waals surface area contributed by atoms with E-state index in [4.69, 9.17) is 4.74 Å². The van der Waals surface area contributed by atoms with Gasteiger partial charge >= 0.3 is 5.97 Å². The average molecular weight is 461 g/mol. The first-order chi connectivity index (χ1) is 16.3. The molecule has 2 aromatic rings. The van der Waals surface area contributed by atoms with E-state index in [1.807, 2.05) is 32.0 Å². The standard InChI is InChI=1S/C27H28N2O5/c1-16-11-17(2)13-20(12-16)28-15-18(14-24(28)30)27(33)34-21-9-7-19(8-10-21)29-25(31)22-5-3-4-6-23(22)26(29)32/h7-13,18,22-23H,3-6,14-15H2,1-2H3/t18-,22-,23-/m0/s1. The predicted molar refractivity (Wildman–Crippen MR) is 126 cm³/mol. The summed E-state index contributed by atoms with van der Waals surface area (Å²) in [5, 5.41) is 0. The maximum absolute atomic E-state index is 12.8. The minimum absolute atomic E-state index is 0.101. The fourth-order valence-electron chi connectivity index (χ4n) is 5.50. The van der Waals surface area contributed by atoms with Crippen molar-refractivity contribution in [1.29, 1.82) is 0 Å². The van der Waals surface area contributed by atoms with Crippen LogP contribution in [-0.4, -0.2) is 30.2 Å². The van der Waals surface area contributed by atoms with Crippen LogP contribution in [-0.2, 0) is 19.2 Å². The van der Waals surface area contributed by atoms with Gasteiger partial charge in [0, 0.05) is 18.7 Å². The van der Waals surface area contributed by atoms with E-state index in [9.17, 15) is 19.2 Å². The lowest BCUT2D eigenvalue weighted by atomic mass is 9.81. The highest BCUT2D eigenvalue weighted by molar-refractivity contribution is 6.22. The Hall–Kier alpha value is -3.48. The van der Waals surface area contributed by atoms with Crippen LogP contribution in [0.15, 0.2) is 42.5 Å². The molecule has 2 heterocycles. The van der Waals surface area contributed by atoms with Crippen molar-refractivity contribution in [3.8, 4) is 5.75 Å². The fraction of sp³-hybridized carbons (Fsp3) is 0.407. The van der Waals surface area contributed by atoms with E-state index >= 15 is 0 Å². The molecule has 7 nitrogen and oxygen atoms in total. The van der Waals surface area contributed by atoms with Crippen LogP contribution in [0.2, 0.25) is 0 Å². The van der Waals surface area contributed by atoms with Crippen molar-refractivity contribution in [2.24, 2.45) is 17.8 Å². The van der Waals surface area contributed by atoms with Crippen LogP contribution < -0.4 is 14.5 Å². The van der Waals surface area contributed by atoms with Gasteiger partial charge in [-0.2, -0.15) is 0 Å². The van der Waals surface area contributed by atoms with Gasteiger partial charge in [0.2, 0.25) is 17.7 Å². The fourth-order valence-corrected chi connectivity index (χ4v) is 5.50. The average Bonchev–Trinajstić information content (AvgIpc) is 3.32. The SMILES string of the molecule is Cc1cc(C)cc(N2C[C@@H](C(=O)Oc3ccc(N4C(=O)[C@H]5CCCC[C@@H]5C4=O)cc3)CC2=O)c1. The molecule has 0 spiro atoms. The molecule has 3 atom stereocenters. The molecule has 3 fully saturated rings. The van der Waals surface area contributed by atoms with Gasteiger partial charge in [-0.05, 0) is 74.2 Å². The zero-order valence-corrected chi connectivity index (χ0v) is 19.5. The van der Waals surface area contributed by atoms with E-state index in [2.05, 4.69) is 0 Å². The molecule has 0 radical (unpaired) electrons. The first-order valence-electron chi connectivity index (χ1n) is 11.9. The molecule has 0 N–H and O–H groups in total. The molecule has 0 aromatic heterocycles. The summed E-state index contributed by atoms with van der Waals surface area (Å²) in [5.41, 5.74) is 3.41.